The molecule has 1 aliphatic heterocycles. The molecule has 124 valence electrons. The summed E-state index contributed by atoms with van der Waals surface area (Å²) in [7, 11) is 0. The van der Waals surface area contributed by atoms with Crippen LogP contribution in [-0.4, -0.2) is 44.9 Å². The van der Waals surface area contributed by atoms with Crippen molar-refractivity contribution in [2.45, 2.75) is 45.3 Å². The number of amides is 1. The van der Waals surface area contributed by atoms with Gasteiger partial charge in [0.1, 0.15) is 11.5 Å². The van der Waals surface area contributed by atoms with Crippen LogP contribution in [0.1, 0.15) is 54.6 Å². The van der Waals surface area contributed by atoms with Gasteiger partial charge in [-0.2, -0.15) is 5.10 Å². The maximum Gasteiger partial charge on any atom is 0.271 e. The zero-order chi connectivity index (χ0) is 16.2. The van der Waals surface area contributed by atoms with Gasteiger partial charge in [0.2, 0.25) is 0 Å². The SMILES string of the molecule is CC(C)c1nccn1Cc1cc(C(=O)NCC2CCCO2)n[nH]1. The normalized spacial score (nSPS) is 17.8. The molecule has 0 spiro atoms. The lowest BCUT2D eigenvalue weighted by molar-refractivity contribution is 0.0853. The number of imidazole rings is 1. The third kappa shape index (κ3) is 3.79. The zero-order valence-electron chi connectivity index (χ0n) is 13.6. The van der Waals surface area contributed by atoms with Crippen LogP contribution in [0.3, 0.4) is 0 Å². The molecule has 0 radical (unpaired) electrons. The average molecular weight is 317 g/mol. The van der Waals surface area contributed by atoms with Crippen LogP contribution in [0.15, 0.2) is 18.5 Å². The molecule has 0 aliphatic carbocycles. The molecule has 23 heavy (non-hydrogen) atoms. The third-order valence-electron chi connectivity index (χ3n) is 3.98. The van der Waals surface area contributed by atoms with Gasteiger partial charge < -0.3 is 14.6 Å². The number of rotatable bonds is 6. The number of hydrogen-bond donors (Lipinski definition) is 2. The topological polar surface area (TPSA) is 84.8 Å². The highest BCUT2D eigenvalue weighted by atomic mass is 16.5. The van der Waals surface area contributed by atoms with Gasteiger partial charge in [-0.05, 0) is 18.9 Å². The number of hydrogen-bond acceptors (Lipinski definition) is 4. The first kappa shape index (κ1) is 15.7. The highest BCUT2D eigenvalue weighted by molar-refractivity contribution is 5.92. The number of nitrogens with zero attached hydrogens (tertiary/aromatic N) is 3. The predicted molar refractivity (Wildman–Crippen MR) is 85.3 cm³/mol. The first-order valence-electron chi connectivity index (χ1n) is 8.08. The lowest BCUT2D eigenvalue weighted by Gasteiger charge is -2.09. The molecule has 3 rings (SSSR count). The zero-order valence-corrected chi connectivity index (χ0v) is 13.6. The molecular weight excluding hydrogens is 294 g/mol. The van der Waals surface area contributed by atoms with Crippen LogP contribution in [-0.2, 0) is 11.3 Å². The minimum atomic E-state index is -0.169. The number of carbonyl (C=O) groups excluding carboxylic acids is 1. The van der Waals surface area contributed by atoms with Gasteiger partial charge in [0.15, 0.2) is 0 Å². The minimum Gasteiger partial charge on any atom is -0.376 e. The smallest absolute Gasteiger partial charge is 0.271 e. The van der Waals surface area contributed by atoms with Crippen molar-refractivity contribution in [3.05, 3.63) is 35.7 Å². The number of nitrogens with one attached hydrogen (secondary N) is 2. The number of H-pyrrole nitrogens is 1. The van der Waals surface area contributed by atoms with Gasteiger partial charge in [-0.25, -0.2) is 4.98 Å². The van der Waals surface area contributed by atoms with E-state index in [4.69, 9.17) is 4.74 Å². The molecule has 1 unspecified atom stereocenters. The van der Waals surface area contributed by atoms with Crippen LogP contribution in [0.25, 0.3) is 0 Å². The quantitative estimate of drug-likeness (QED) is 0.849. The highest BCUT2D eigenvalue weighted by Gasteiger charge is 2.18. The van der Waals surface area contributed by atoms with Gasteiger partial charge in [0.05, 0.1) is 18.3 Å². The summed E-state index contributed by atoms with van der Waals surface area (Å²) >= 11 is 0. The second-order valence-electron chi connectivity index (χ2n) is 6.19. The molecule has 1 aliphatic rings. The Morgan fingerprint density at radius 2 is 2.43 bits per heavy atom. The van der Waals surface area contributed by atoms with Crippen molar-refractivity contribution in [2.75, 3.05) is 13.2 Å². The van der Waals surface area contributed by atoms with E-state index in [1.54, 1.807) is 12.3 Å². The summed E-state index contributed by atoms with van der Waals surface area (Å²) < 4.78 is 7.56. The molecule has 1 atom stereocenters. The van der Waals surface area contributed by atoms with Crippen molar-refractivity contribution in [1.82, 2.24) is 25.1 Å². The highest BCUT2D eigenvalue weighted by Crippen LogP contribution is 2.14. The summed E-state index contributed by atoms with van der Waals surface area (Å²) in [6.07, 6.45) is 5.94. The van der Waals surface area contributed by atoms with Gasteiger partial charge >= 0.3 is 0 Å². The molecule has 7 nitrogen and oxygen atoms in total. The fourth-order valence-electron chi connectivity index (χ4n) is 2.80. The summed E-state index contributed by atoms with van der Waals surface area (Å²) in [6, 6.07) is 1.79. The molecule has 1 amide bonds. The van der Waals surface area contributed by atoms with Crippen LogP contribution in [0, 0.1) is 0 Å². The summed E-state index contributed by atoms with van der Waals surface area (Å²) in [5.41, 5.74) is 1.29. The molecule has 0 aromatic carbocycles. The Labute approximate surface area is 135 Å². The van der Waals surface area contributed by atoms with E-state index < -0.39 is 0 Å². The van der Waals surface area contributed by atoms with E-state index in [0.29, 0.717) is 24.7 Å². The maximum absolute atomic E-state index is 12.1. The third-order valence-corrected chi connectivity index (χ3v) is 3.98. The summed E-state index contributed by atoms with van der Waals surface area (Å²) in [6.45, 7) is 6.17. The molecule has 1 fully saturated rings. The molecule has 2 aromatic rings. The van der Waals surface area contributed by atoms with E-state index in [-0.39, 0.29) is 12.0 Å². The Hall–Kier alpha value is -2.15. The Balaban J connectivity index is 1.58. The predicted octanol–water partition coefficient (Wildman–Crippen LogP) is 1.69. The molecule has 2 aromatic heterocycles. The minimum absolute atomic E-state index is 0.136. The number of aromatic amines is 1. The summed E-state index contributed by atoms with van der Waals surface area (Å²) in [4.78, 5) is 16.5. The second-order valence-corrected chi connectivity index (χ2v) is 6.19. The number of aromatic nitrogens is 4. The Morgan fingerprint density at radius 3 is 3.17 bits per heavy atom. The van der Waals surface area contributed by atoms with E-state index in [1.807, 2.05) is 6.20 Å². The largest absolute Gasteiger partial charge is 0.376 e. The summed E-state index contributed by atoms with van der Waals surface area (Å²) in [5.74, 6) is 1.20. The molecule has 3 heterocycles. The van der Waals surface area contributed by atoms with Crippen molar-refractivity contribution >= 4 is 5.91 Å². The van der Waals surface area contributed by atoms with E-state index in [2.05, 4.69) is 38.9 Å². The lowest BCUT2D eigenvalue weighted by atomic mass is 10.2. The van der Waals surface area contributed by atoms with Gasteiger partial charge in [0, 0.05) is 31.5 Å². The Kier molecular flexibility index (Phi) is 4.76. The molecule has 0 bridgehead atoms. The van der Waals surface area contributed by atoms with E-state index in [1.165, 1.54) is 0 Å². The van der Waals surface area contributed by atoms with E-state index in [0.717, 1.165) is 31.0 Å². The van der Waals surface area contributed by atoms with Gasteiger partial charge in [-0.3, -0.25) is 9.89 Å². The second kappa shape index (κ2) is 6.95. The van der Waals surface area contributed by atoms with Crippen LogP contribution in [0.5, 0.6) is 0 Å². The van der Waals surface area contributed by atoms with Crippen LogP contribution >= 0.6 is 0 Å². The van der Waals surface area contributed by atoms with Gasteiger partial charge in [0.25, 0.3) is 5.91 Å². The molecule has 0 saturated carbocycles. The standard InChI is InChI=1S/C16H23N5O2/c1-11(2)15-17-5-6-21(15)10-12-8-14(20-19-12)16(22)18-9-13-4-3-7-23-13/h5-6,8,11,13H,3-4,7,9-10H2,1-2H3,(H,18,22)(H,19,20). The average Bonchev–Trinajstić information content (AvgIpc) is 3.26. The first-order valence-corrected chi connectivity index (χ1v) is 8.08. The van der Waals surface area contributed by atoms with E-state index >= 15 is 0 Å². The van der Waals surface area contributed by atoms with Gasteiger partial charge in [-0.15, -0.1) is 0 Å². The Morgan fingerprint density at radius 1 is 1.57 bits per heavy atom. The van der Waals surface area contributed by atoms with E-state index in [9.17, 15) is 4.79 Å². The van der Waals surface area contributed by atoms with Crippen LogP contribution in [0.4, 0.5) is 0 Å². The van der Waals surface area contributed by atoms with Crippen molar-refractivity contribution < 1.29 is 9.53 Å². The van der Waals surface area contributed by atoms with Gasteiger partial charge in [-0.1, -0.05) is 13.8 Å². The monoisotopic (exact) mass is 317 g/mol. The Bertz CT molecular complexity index is 655. The molecule has 2 N–H and O–H groups in total. The van der Waals surface area contributed by atoms with Crippen molar-refractivity contribution in [3.63, 3.8) is 0 Å². The molecule has 1 saturated heterocycles. The van der Waals surface area contributed by atoms with Crippen molar-refractivity contribution in [1.29, 1.82) is 0 Å². The van der Waals surface area contributed by atoms with Crippen molar-refractivity contribution in [2.24, 2.45) is 0 Å². The number of carbonyl (C=O) groups is 1. The summed E-state index contributed by atoms with van der Waals surface area (Å²) in [5, 5.41) is 9.91. The molecular formula is C16H23N5O2. The fourth-order valence-corrected chi connectivity index (χ4v) is 2.80. The fraction of sp³-hybridized carbons (Fsp3) is 0.562. The maximum atomic E-state index is 12.1. The van der Waals surface area contributed by atoms with Crippen LogP contribution < -0.4 is 5.32 Å². The molecule has 7 heteroatoms. The van der Waals surface area contributed by atoms with Crippen molar-refractivity contribution in [3.8, 4) is 0 Å². The first-order chi connectivity index (χ1) is 11.1. The van der Waals surface area contributed by atoms with Crippen LogP contribution in [0.2, 0.25) is 0 Å². The lowest BCUT2D eigenvalue weighted by Crippen LogP contribution is -2.31. The number of ether oxygens (including phenoxy) is 1.